The highest BCUT2D eigenvalue weighted by molar-refractivity contribution is 9.10. The highest BCUT2D eigenvalue weighted by atomic mass is 79.9. The van der Waals surface area contributed by atoms with Crippen LogP contribution in [0.2, 0.25) is 5.15 Å². The van der Waals surface area contributed by atoms with Gasteiger partial charge in [0.1, 0.15) is 5.15 Å². The van der Waals surface area contributed by atoms with Crippen molar-refractivity contribution in [3.8, 4) is 11.6 Å². The van der Waals surface area contributed by atoms with E-state index >= 15 is 0 Å². The molecule has 6 heteroatoms. The Hall–Kier alpha value is -1.07. The van der Waals surface area contributed by atoms with E-state index in [1.807, 2.05) is 6.92 Å². The van der Waals surface area contributed by atoms with Crippen molar-refractivity contribution in [2.24, 2.45) is 0 Å². The first-order valence-electron chi connectivity index (χ1n) is 4.15. The summed E-state index contributed by atoms with van der Waals surface area (Å²) in [7, 11) is 0. The Balaban J connectivity index is 2.56. The smallest absolute Gasteiger partial charge is 0.199 e. The molecular formula is C9H6BrClN4. The van der Waals surface area contributed by atoms with Crippen molar-refractivity contribution < 1.29 is 0 Å². The molecule has 0 amide bonds. The predicted molar refractivity (Wildman–Crippen MR) is 60.5 cm³/mol. The molecule has 0 aliphatic carbocycles. The number of aromatic nitrogens is 4. The molecule has 2 rings (SSSR count). The van der Waals surface area contributed by atoms with Crippen molar-refractivity contribution in [1.82, 2.24) is 19.9 Å². The van der Waals surface area contributed by atoms with Crippen molar-refractivity contribution in [1.29, 1.82) is 0 Å². The third kappa shape index (κ3) is 2.13. The summed E-state index contributed by atoms with van der Waals surface area (Å²) in [4.78, 5) is 16.4. The molecule has 0 N–H and O–H groups in total. The van der Waals surface area contributed by atoms with E-state index in [0.717, 1.165) is 5.69 Å². The molecule has 0 saturated carbocycles. The maximum Gasteiger partial charge on any atom is 0.199 e. The van der Waals surface area contributed by atoms with Gasteiger partial charge in [0.15, 0.2) is 11.6 Å². The second-order valence-electron chi connectivity index (χ2n) is 2.81. The molecule has 2 aromatic heterocycles. The Kier molecular flexibility index (Phi) is 2.93. The lowest BCUT2D eigenvalue weighted by molar-refractivity contribution is 1.04. The highest BCUT2D eigenvalue weighted by Crippen LogP contribution is 2.24. The summed E-state index contributed by atoms with van der Waals surface area (Å²) in [6.45, 7) is 1.84. The van der Waals surface area contributed by atoms with Gasteiger partial charge in [-0.1, -0.05) is 11.6 Å². The molecule has 15 heavy (non-hydrogen) atoms. The minimum atomic E-state index is 0.366. The van der Waals surface area contributed by atoms with E-state index in [0.29, 0.717) is 21.3 Å². The quantitative estimate of drug-likeness (QED) is 0.756. The molecule has 0 aliphatic heterocycles. The maximum absolute atomic E-state index is 5.92. The van der Waals surface area contributed by atoms with Crippen LogP contribution in [0.5, 0.6) is 0 Å². The van der Waals surface area contributed by atoms with Crippen LogP contribution in [0.3, 0.4) is 0 Å². The number of rotatable bonds is 1. The number of hydrogen-bond donors (Lipinski definition) is 0. The fourth-order valence-electron chi connectivity index (χ4n) is 1.04. The molecule has 0 saturated heterocycles. The summed E-state index contributed by atoms with van der Waals surface area (Å²) >= 11 is 9.20. The van der Waals surface area contributed by atoms with Gasteiger partial charge in [-0.15, -0.1) is 0 Å². The molecular weight excluding hydrogens is 279 g/mol. The van der Waals surface area contributed by atoms with Crippen LogP contribution in [-0.4, -0.2) is 19.9 Å². The number of hydrogen-bond acceptors (Lipinski definition) is 4. The van der Waals surface area contributed by atoms with Gasteiger partial charge in [0.05, 0.1) is 10.2 Å². The number of halogens is 2. The molecule has 0 unspecified atom stereocenters. The Morgan fingerprint density at radius 3 is 2.40 bits per heavy atom. The molecule has 0 radical (unpaired) electrons. The standard InChI is InChI=1S/C9H6BrClN4/c1-5-6(10)7(11)15-9(14-5)8-12-3-2-4-13-8/h2-4H,1H3. The molecule has 4 nitrogen and oxygen atoms in total. The zero-order valence-corrected chi connectivity index (χ0v) is 10.1. The summed E-state index contributed by atoms with van der Waals surface area (Å²) in [5.41, 5.74) is 0.762. The minimum absolute atomic E-state index is 0.366. The molecule has 0 atom stereocenters. The lowest BCUT2D eigenvalue weighted by atomic mass is 10.4. The van der Waals surface area contributed by atoms with Crippen molar-refractivity contribution >= 4 is 27.5 Å². The third-order valence-corrected chi connectivity index (χ3v) is 3.19. The van der Waals surface area contributed by atoms with Crippen LogP contribution in [-0.2, 0) is 0 Å². The Bertz CT molecular complexity index is 466. The van der Waals surface area contributed by atoms with E-state index in [9.17, 15) is 0 Å². The van der Waals surface area contributed by atoms with E-state index in [1.54, 1.807) is 18.5 Å². The van der Waals surface area contributed by atoms with Crippen molar-refractivity contribution in [3.63, 3.8) is 0 Å². The SMILES string of the molecule is Cc1nc(-c2ncccn2)nc(Cl)c1Br. The Morgan fingerprint density at radius 1 is 1.13 bits per heavy atom. The summed E-state index contributed by atoms with van der Waals surface area (Å²) in [6.07, 6.45) is 3.27. The van der Waals surface area contributed by atoms with Gasteiger partial charge in [0.25, 0.3) is 0 Å². The van der Waals surface area contributed by atoms with Crippen LogP contribution < -0.4 is 0 Å². The molecule has 76 valence electrons. The first-order valence-corrected chi connectivity index (χ1v) is 5.32. The topological polar surface area (TPSA) is 51.6 Å². The van der Waals surface area contributed by atoms with E-state index in [-0.39, 0.29) is 0 Å². The van der Waals surface area contributed by atoms with Crippen LogP contribution in [0.25, 0.3) is 11.6 Å². The highest BCUT2D eigenvalue weighted by Gasteiger charge is 2.10. The van der Waals surface area contributed by atoms with Gasteiger partial charge in [-0.2, -0.15) is 0 Å². The van der Waals surface area contributed by atoms with Crippen LogP contribution in [0.15, 0.2) is 22.9 Å². The first-order chi connectivity index (χ1) is 7.18. The monoisotopic (exact) mass is 284 g/mol. The summed E-state index contributed by atoms with van der Waals surface area (Å²) in [5, 5.41) is 0.366. The Labute approximate surface area is 99.9 Å². The lowest BCUT2D eigenvalue weighted by Crippen LogP contribution is -1.97. The second kappa shape index (κ2) is 4.20. The van der Waals surface area contributed by atoms with Crippen LogP contribution in [0.4, 0.5) is 0 Å². The Morgan fingerprint density at radius 2 is 1.80 bits per heavy atom. The predicted octanol–water partition coefficient (Wildman–Crippen LogP) is 2.66. The number of aryl methyl sites for hydroxylation is 1. The summed E-state index contributed by atoms with van der Waals surface area (Å²) in [6, 6.07) is 1.73. The van der Waals surface area contributed by atoms with E-state index in [4.69, 9.17) is 11.6 Å². The van der Waals surface area contributed by atoms with Crippen LogP contribution in [0, 0.1) is 6.92 Å². The van der Waals surface area contributed by atoms with Crippen molar-refractivity contribution in [3.05, 3.63) is 33.8 Å². The van der Waals surface area contributed by atoms with E-state index < -0.39 is 0 Å². The summed E-state index contributed by atoms with van der Waals surface area (Å²) in [5.74, 6) is 0.899. The molecule has 0 fully saturated rings. The fourth-order valence-corrected chi connectivity index (χ4v) is 1.43. The molecule has 2 heterocycles. The largest absolute Gasteiger partial charge is 0.234 e. The van der Waals surface area contributed by atoms with Gasteiger partial charge in [-0.05, 0) is 28.9 Å². The molecule has 0 aliphatic rings. The van der Waals surface area contributed by atoms with Crippen molar-refractivity contribution in [2.75, 3.05) is 0 Å². The van der Waals surface area contributed by atoms with Gasteiger partial charge in [-0.25, -0.2) is 19.9 Å². The zero-order chi connectivity index (χ0) is 10.8. The molecule has 2 aromatic rings. The second-order valence-corrected chi connectivity index (χ2v) is 3.96. The normalized spacial score (nSPS) is 10.3. The third-order valence-electron chi connectivity index (χ3n) is 1.74. The average molecular weight is 286 g/mol. The van der Waals surface area contributed by atoms with Gasteiger partial charge in [0, 0.05) is 12.4 Å². The fraction of sp³-hybridized carbons (Fsp3) is 0.111. The lowest BCUT2D eigenvalue weighted by Gasteiger charge is -2.02. The first kappa shape index (κ1) is 10.4. The number of nitrogens with zero attached hydrogens (tertiary/aromatic N) is 4. The van der Waals surface area contributed by atoms with E-state index in [2.05, 4.69) is 35.9 Å². The van der Waals surface area contributed by atoms with E-state index in [1.165, 1.54) is 0 Å². The van der Waals surface area contributed by atoms with Crippen molar-refractivity contribution in [2.45, 2.75) is 6.92 Å². The average Bonchev–Trinajstić information content (AvgIpc) is 2.26. The molecule has 0 spiro atoms. The van der Waals surface area contributed by atoms with Crippen LogP contribution in [0.1, 0.15) is 5.69 Å². The minimum Gasteiger partial charge on any atom is -0.234 e. The maximum atomic E-state index is 5.92. The summed E-state index contributed by atoms with van der Waals surface area (Å²) < 4.78 is 0.698. The zero-order valence-electron chi connectivity index (χ0n) is 7.78. The van der Waals surface area contributed by atoms with Gasteiger partial charge in [-0.3, -0.25) is 0 Å². The van der Waals surface area contributed by atoms with Gasteiger partial charge < -0.3 is 0 Å². The molecule has 0 bridgehead atoms. The van der Waals surface area contributed by atoms with Crippen LogP contribution >= 0.6 is 27.5 Å². The van der Waals surface area contributed by atoms with Gasteiger partial charge in [0.2, 0.25) is 0 Å². The molecule has 0 aromatic carbocycles. The van der Waals surface area contributed by atoms with Gasteiger partial charge >= 0.3 is 0 Å².